The van der Waals surface area contributed by atoms with Crippen molar-refractivity contribution in [3.63, 3.8) is 0 Å². The number of carbonyl (C=O) groups excluding carboxylic acids is 4. The smallest absolute Gasteiger partial charge is 0.308 e. The molecule has 1 saturated heterocycles. The van der Waals surface area contributed by atoms with E-state index in [4.69, 9.17) is 18.6 Å². The normalized spacial score (nSPS) is 39.9. The fourth-order valence-corrected chi connectivity index (χ4v) is 8.53. The van der Waals surface area contributed by atoms with Crippen LogP contribution in [0.2, 0.25) is 0 Å². The SMILES string of the molecule is COC(=O)C[C@H]1C(C)(C)[C@H](OC(=O)C(C)C)[C@]2(O)C=C3C4CC(=O)O[C@@H](c5ccoc5)[C@]4(C)CCC3[C@@]1(C)C2=O. The highest BCUT2D eigenvalue weighted by Crippen LogP contribution is 2.69. The van der Waals surface area contributed by atoms with Crippen LogP contribution in [0.25, 0.3) is 0 Å². The van der Waals surface area contributed by atoms with Gasteiger partial charge in [0.2, 0.25) is 0 Å². The molecule has 3 fully saturated rings. The van der Waals surface area contributed by atoms with Crippen LogP contribution in [-0.2, 0) is 33.4 Å². The summed E-state index contributed by atoms with van der Waals surface area (Å²) in [7, 11) is 1.30. The average molecular weight is 557 g/mol. The third-order valence-electron chi connectivity index (χ3n) is 10.6. The van der Waals surface area contributed by atoms with Crippen LogP contribution in [-0.4, -0.2) is 47.6 Å². The number of rotatable bonds is 5. The first-order valence-corrected chi connectivity index (χ1v) is 14.1. The Morgan fingerprint density at radius 3 is 2.45 bits per heavy atom. The number of allylic oxidation sites excluding steroid dienone is 1. The highest BCUT2D eigenvalue weighted by atomic mass is 16.6. The lowest BCUT2D eigenvalue weighted by molar-refractivity contribution is -0.226. The Hall–Kier alpha value is -2.94. The average Bonchev–Trinajstić information content (AvgIpc) is 3.42. The zero-order chi connectivity index (χ0) is 29.4. The molecule has 2 heterocycles. The van der Waals surface area contributed by atoms with Crippen LogP contribution in [0.15, 0.2) is 34.7 Å². The van der Waals surface area contributed by atoms with Gasteiger partial charge in [0.25, 0.3) is 0 Å². The summed E-state index contributed by atoms with van der Waals surface area (Å²) < 4.78 is 22.2. The molecule has 40 heavy (non-hydrogen) atoms. The Bertz CT molecular complexity index is 1260. The van der Waals surface area contributed by atoms with E-state index in [-0.39, 0.29) is 30.6 Å². The summed E-state index contributed by atoms with van der Waals surface area (Å²) in [6.45, 7) is 11.0. The molecule has 1 aliphatic heterocycles. The Morgan fingerprint density at radius 2 is 1.85 bits per heavy atom. The maximum atomic E-state index is 14.4. The van der Waals surface area contributed by atoms with Crippen LogP contribution in [0.4, 0.5) is 0 Å². The van der Waals surface area contributed by atoms with E-state index in [9.17, 15) is 24.3 Å². The number of aliphatic hydroxyl groups is 1. The van der Waals surface area contributed by atoms with Gasteiger partial charge in [-0.25, -0.2) is 0 Å². The van der Waals surface area contributed by atoms with Crippen molar-refractivity contribution >= 4 is 23.7 Å². The second kappa shape index (κ2) is 9.29. The summed E-state index contributed by atoms with van der Waals surface area (Å²) in [5, 5.41) is 12.3. The lowest BCUT2D eigenvalue weighted by Gasteiger charge is -2.65. The summed E-state index contributed by atoms with van der Waals surface area (Å²) in [4.78, 5) is 53.1. The molecular weight excluding hydrogens is 516 g/mol. The van der Waals surface area contributed by atoms with Crippen molar-refractivity contribution in [2.24, 2.45) is 39.9 Å². The first-order valence-electron chi connectivity index (χ1n) is 14.1. The van der Waals surface area contributed by atoms with Crippen LogP contribution < -0.4 is 0 Å². The third kappa shape index (κ3) is 3.83. The fourth-order valence-electron chi connectivity index (χ4n) is 8.53. The zero-order valence-electron chi connectivity index (χ0n) is 24.3. The van der Waals surface area contributed by atoms with Crippen molar-refractivity contribution < 1.29 is 42.9 Å². The minimum atomic E-state index is -2.13. The molecule has 1 aromatic rings. The molecule has 0 aromatic carbocycles. The molecule has 1 N–H and O–H groups in total. The lowest BCUT2D eigenvalue weighted by Crippen LogP contribution is -2.74. The zero-order valence-corrected chi connectivity index (χ0v) is 24.3. The highest BCUT2D eigenvalue weighted by Gasteiger charge is 2.73. The van der Waals surface area contributed by atoms with Gasteiger partial charge in [-0.05, 0) is 42.7 Å². The van der Waals surface area contributed by atoms with Crippen molar-refractivity contribution in [1.29, 1.82) is 0 Å². The molecule has 0 spiro atoms. The van der Waals surface area contributed by atoms with Crippen molar-refractivity contribution in [2.75, 3.05) is 7.11 Å². The number of cyclic esters (lactones) is 1. The number of carbonyl (C=O) groups is 4. The van der Waals surface area contributed by atoms with Gasteiger partial charge in [-0.2, -0.15) is 0 Å². The molecule has 4 aliphatic rings. The molecule has 5 rings (SSSR count). The molecular formula is C31H40O9. The van der Waals surface area contributed by atoms with Crippen LogP contribution in [0.1, 0.15) is 78.9 Å². The summed E-state index contributed by atoms with van der Waals surface area (Å²) >= 11 is 0. The van der Waals surface area contributed by atoms with E-state index in [1.807, 2.05) is 20.8 Å². The van der Waals surface area contributed by atoms with E-state index >= 15 is 0 Å². The summed E-state index contributed by atoms with van der Waals surface area (Å²) in [6, 6.07) is 1.79. The number of esters is 3. The minimum absolute atomic E-state index is 0.0804. The van der Waals surface area contributed by atoms with E-state index in [0.717, 1.165) is 11.1 Å². The lowest BCUT2D eigenvalue weighted by atomic mass is 9.39. The maximum absolute atomic E-state index is 14.4. The van der Waals surface area contributed by atoms with Gasteiger partial charge in [0.15, 0.2) is 11.4 Å². The van der Waals surface area contributed by atoms with E-state index in [1.54, 1.807) is 38.5 Å². The van der Waals surface area contributed by atoms with Gasteiger partial charge in [-0.1, -0.05) is 47.1 Å². The minimum Gasteiger partial charge on any atom is -0.472 e. The van der Waals surface area contributed by atoms with Gasteiger partial charge in [0.05, 0.1) is 32.0 Å². The Labute approximate surface area is 234 Å². The predicted octanol–water partition coefficient (Wildman–Crippen LogP) is 4.33. The Balaban J connectivity index is 1.71. The van der Waals surface area contributed by atoms with Crippen molar-refractivity contribution in [2.45, 2.75) is 85.0 Å². The summed E-state index contributed by atoms with van der Waals surface area (Å²) in [6.07, 6.45) is 4.16. The second-order valence-electron chi connectivity index (χ2n) is 13.5. The first-order chi connectivity index (χ1) is 18.6. The molecule has 2 bridgehead atoms. The van der Waals surface area contributed by atoms with Crippen LogP contribution in [0, 0.1) is 39.9 Å². The Morgan fingerprint density at radius 1 is 1.15 bits per heavy atom. The number of ketones is 1. The van der Waals surface area contributed by atoms with Gasteiger partial charge >= 0.3 is 17.9 Å². The molecule has 2 unspecified atom stereocenters. The Kier molecular flexibility index (Phi) is 6.64. The van der Waals surface area contributed by atoms with E-state index < -0.39 is 63.6 Å². The number of furan rings is 1. The third-order valence-corrected chi connectivity index (χ3v) is 10.6. The van der Waals surface area contributed by atoms with Crippen LogP contribution >= 0.6 is 0 Å². The largest absolute Gasteiger partial charge is 0.472 e. The molecule has 9 nitrogen and oxygen atoms in total. The fraction of sp³-hybridized carbons (Fsp3) is 0.677. The number of Topliss-reactive ketones (excluding diaryl/α,β-unsaturated/α-hetero) is 1. The monoisotopic (exact) mass is 556 g/mol. The number of hydrogen-bond donors (Lipinski definition) is 1. The number of ether oxygens (including phenoxy) is 3. The first kappa shape index (κ1) is 28.6. The molecule has 3 aliphatic carbocycles. The molecule has 218 valence electrons. The van der Waals surface area contributed by atoms with Gasteiger partial charge in [-0.3, -0.25) is 19.2 Å². The highest BCUT2D eigenvalue weighted by molar-refractivity contribution is 5.99. The molecule has 0 radical (unpaired) electrons. The van der Waals surface area contributed by atoms with Crippen LogP contribution in [0.3, 0.4) is 0 Å². The van der Waals surface area contributed by atoms with E-state index in [0.29, 0.717) is 12.8 Å². The number of fused-ring (bicyclic) bond motifs is 6. The predicted molar refractivity (Wildman–Crippen MR) is 141 cm³/mol. The van der Waals surface area contributed by atoms with E-state index in [2.05, 4.69) is 6.92 Å². The van der Waals surface area contributed by atoms with Gasteiger partial charge in [0, 0.05) is 28.2 Å². The second-order valence-corrected chi connectivity index (χ2v) is 13.5. The molecule has 8 atom stereocenters. The number of methoxy groups -OCH3 is 1. The van der Waals surface area contributed by atoms with Crippen molar-refractivity contribution in [3.05, 3.63) is 35.8 Å². The van der Waals surface area contributed by atoms with Crippen molar-refractivity contribution in [1.82, 2.24) is 0 Å². The topological polar surface area (TPSA) is 129 Å². The summed E-state index contributed by atoms with van der Waals surface area (Å²) in [5.41, 5.74) is -3.26. The van der Waals surface area contributed by atoms with Gasteiger partial charge < -0.3 is 23.7 Å². The molecule has 1 aromatic heterocycles. The standard InChI is InChI=1S/C31H40O9/c1-16(2)25(34)40-27-28(3,4)21(13-22(32)37-7)30(6)19-8-10-29(5)20(18(19)14-31(27,36)26(30)35)12-23(33)39-24(29)17-9-11-38-15-17/h9,11,14-16,19-21,24,27,36H,8,10,12-13H2,1-7H3/t19?,20?,21-,24-,27-,29+,30+,31-/m0/s1. The maximum Gasteiger partial charge on any atom is 0.308 e. The molecule has 9 heteroatoms. The van der Waals surface area contributed by atoms with Crippen LogP contribution in [0.5, 0.6) is 0 Å². The van der Waals surface area contributed by atoms with Crippen molar-refractivity contribution in [3.8, 4) is 0 Å². The molecule has 0 amide bonds. The number of hydrogen-bond acceptors (Lipinski definition) is 9. The van der Waals surface area contributed by atoms with Gasteiger partial charge in [-0.15, -0.1) is 0 Å². The quantitative estimate of drug-likeness (QED) is 0.320. The molecule has 2 saturated carbocycles. The van der Waals surface area contributed by atoms with Gasteiger partial charge in [0.1, 0.15) is 12.2 Å². The summed E-state index contributed by atoms with van der Waals surface area (Å²) in [5.74, 6) is -3.63. The van der Waals surface area contributed by atoms with E-state index in [1.165, 1.54) is 7.11 Å².